The van der Waals surface area contributed by atoms with Gasteiger partial charge in [0, 0.05) is 17.3 Å². The maximum Gasteiger partial charge on any atom is 0.253 e. The van der Waals surface area contributed by atoms with Crippen LogP contribution >= 0.6 is 11.6 Å². The van der Waals surface area contributed by atoms with E-state index >= 15 is 0 Å². The zero-order valence-electron chi connectivity index (χ0n) is 11.6. The Labute approximate surface area is 131 Å². The van der Waals surface area contributed by atoms with Crippen molar-refractivity contribution in [2.75, 3.05) is 5.73 Å². The van der Waals surface area contributed by atoms with Gasteiger partial charge in [-0.25, -0.2) is 19.6 Å². The first-order valence-corrected chi connectivity index (χ1v) is 7.38. The zero-order chi connectivity index (χ0) is 15.1. The number of pyridine rings is 1. The molecule has 1 aliphatic carbocycles. The van der Waals surface area contributed by atoms with Crippen LogP contribution in [0.2, 0.25) is 5.02 Å². The molecular formula is C14H13ClN6O. The Morgan fingerprint density at radius 2 is 2.14 bits per heavy atom. The van der Waals surface area contributed by atoms with E-state index in [1.54, 1.807) is 18.3 Å². The Morgan fingerprint density at radius 1 is 1.27 bits per heavy atom. The van der Waals surface area contributed by atoms with Crippen molar-refractivity contribution in [3.63, 3.8) is 0 Å². The van der Waals surface area contributed by atoms with Gasteiger partial charge >= 0.3 is 0 Å². The molecule has 1 fully saturated rings. The molecule has 0 bridgehead atoms. The molecule has 1 saturated carbocycles. The highest BCUT2D eigenvalue weighted by atomic mass is 35.5. The second-order valence-electron chi connectivity index (χ2n) is 5.21. The number of anilines is 1. The topological polar surface area (TPSA) is 91.7 Å². The normalized spacial score (nSPS) is 15.0. The van der Waals surface area contributed by atoms with Crippen LogP contribution in [-0.2, 0) is 0 Å². The predicted molar refractivity (Wildman–Crippen MR) is 81.9 cm³/mol. The largest absolute Gasteiger partial charge is 0.418 e. The zero-order valence-corrected chi connectivity index (χ0v) is 12.4. The molecule has 2 N–H and O–H groups in total. The van der Waals surface area contributed by atoms with Crippen molar-refractivity contribution in [3.05, 3.63) is 29.7 Å². The van der Waals surface area contributed by atoms with Gasteiger partial charge in [0.2, 0.25) is 5.88 Å². The number of ether oxygens (including phenoxy) is 1. The molecule has 0 atom stereocenters. The van der Waals surface area contributed by atoms with Crippen molar-refractivity contribution >= 4 is 28.5 Å². The van der Waals surface area contributed by atoms with Gasteiger partial charge < -0.3 is 10.5 Å². The van der Waals surface area contributed by atoms with E-state index in [4.69, 9.17) is 22.1 Å². The summed E-state index contributed by atoms with van der Waals surface area (Å²) in [6, 6.07) is 3.63. The first-order chi connectivity index (χ1) is 10.7. The van der Waals surface area contributed by atoms with Gasteiger partial charge in [-0.2, -0.15) is 0 Å². The molecule has 0 aromatic carbocycles. The van der Waals surface area contributed by atoms with Crippen LogP contribution in [0, 0.1) is 0 Å². The summed E-state index contributed by atoms with van der Waals surface area (Å²) in [5.41, 5.74) is 6.67. The first-order valence-electron chi connectivity index (χ1n) is 7.00. The van der Waals surface area contributed by atoms with Crippen LogP contribution in [0.25, 0.3) is 11.0 Å². The number of nitrogens with two attached hydrogens (primary N) is 1. The van der Waals surface area contributed by atoms with Gasteiger partial charge in [0.25, 0.3) is 5.88 Å². The van der Waals surface area contributed by atoms with E-state index < -0.39 is 0 Å². The number of rotatable bonds is 3. The summed E-state index contributed by atoms with van der Waals surface area (Å²) >= 11 is 5.95. The third kappa shape index (κ3) is 2.14. The Bertz CT molecular complexity index is 844. The second-order valence-corrected chi connectivity index (χ2v) is 5.64. The molecule has 1 aliphatic rings. The lowest BCUT2D eigenvalue weighted by atomic mass is 9.93. The van der Waals surface area contributed by atoms with Gasteiger partial charge in [0.1, 0.15) is 17.5 Å². The lowest BCUT2D eigenvalue weighted by Gasteiger charge is -2.25. The molecule has 22 heavy (non-hydrogen) atoms. The van der Waals surface area contributed by atoms with E-state index in [9.17, 15) is 0 Å². The van der Waals surface area contributed by atoms with E-state index in [0.29, 0.717) is 39.7 Å². The number of fused-ring (bicyclic) bond motifs is 1. The summed E-state index contributed by atoms with van der Waals surface area (Å²) in [5, 5.41) is 5.67. The highest BCUT2D eigenvalue weighted by molar-refractivity contribution is 6.30. The fraction of sp³-hybridized carbons (Fsp3) is 0.286. The number of nitrogen functional groups attached to an aromatic ring is 1. The third-order valence-electron chi connectivity index (χ3n) is 3.80. The van der Waals surface area contributed by atoms with Gasteiger partial charge in [0.15, 0.2) is 5.65 Å². The molecule has 0 radical (unpaired) electrons. The highest BCUT2D eigenvalue weighted by Gasteiger charge is 2.26. The van der Waals surface area contributed by atoms with E-state index in [1.807, 2.05) is 4.68 Å². The molecular weight excluding hydrogens is 304 g/mol. The summed E-state index contributed by atoms with van der Waals surface area (Å²) < 4.78 is 7.64. The van der Waals surface area contributed by atoms with Crippen LogP contribution in [0.3, 0.4) is 0 Å². The van der Waals surface area contributed by atoms with Crippen molar-refractivity contribution < 1.29 is 4.74 Å². The fourth-order valence-corrected chi connectivity index (χ4v) is 2.61. The van der Waals surface area contributed by atoms with Crippen molar-refractivity contribution in [1.29, 1.82) is 0 Å². The van der Waals surface area contributed by atoms with Crippen molar-refractivity contribution in [2.24, 2.45) is 0 Å². The SMILES string of the molecule is Nc1ncnc2c1c(Oc1cc(Cl)ccn1)nn2C1CCC1. The third-order valence-corrected chi connectivity index (χ3v) is 4.04. The molecule has 0 aliphatic heterocycles. The maximum absolute atomic E-state index is 5.98. The summed E-state index contributed by atoms with van der Waals surface area (Å²) in [7, 11) is 0. The molecule has 8 heteroatoms. The number of halogens is 1. The predicted octanol–water partition coefficient (Wildman–Crippen LogP) is 2.97. The Kier molecular flexibility index (Phi) is 3.07. The van der Waals surface area contributed by atoms with Gasteiger partial charge in [-0.1, -0.05) is 11.6 Å². The quantitative estimate of drug-likeness (QED) is 0.798. The molecule has 112 valence electrons. The number of nitrogens with zero attached hydrogens (tertiary/aromatic N) is 5. The van der Waals surface area contributed by atoms with Crippen LogP contribution in [0.5, 0.6) is 11.8 Å². The molecule has 0 spiro atoms. The first kappa shape index (κ1) is 13.3. The van der Waals surface area contributed by atoms with Crippen molar-refractivity contribution in [2.45, 2.75) is 25.3 Å². The standard InChI is InChI=1S/C14H13ClN6O/c15-8-4-5-17-10(6-8)22-14-11-12(16)18-7-19-13(11)21(20-14)9-2-1-3-9/h4-7,9H,1-3H2,(H2,16,18,19). The van der Waals surface area contributed by atoms with Gasteiger partial charge in [-0.05, 0) is 25.3 Å². The monoisotopic (exact) mass is 316 g/mol. The van der Waals surface area contributed by atoms with Crippen LogP contribution in [-0.4, -0.2) is 24.7 Å². The Balaban J connectivity index is 1.82. The van der Waals surface area contributed by atoms with Gasteiger partial charge in [-0.3, -0.25) is 0 Å². The minimum absolute atomic E-state index is 0.335. The number of hydrogen-bond donors (Lipinski definition) is 1. The average molecular weight is 317 g/mol. The molecule has 0 amide bonds. The lowest BCUT2D eigenvalue weighted by Crippen LogP contribution is -2.18. The number of hydrogen-bond acceptors (Lipinski definition) is 6. The van der Waals surface area contributed by atoms with Gasteiger partial charge in [0.05, 0.1) is 6.04 Å². The van der Waals surface area contributed by atoms with Crippen LogP contribution in [0.15, 0.2) is 24.7 Å². The van der Waals surface area contributed by atoms with E-state index in [0.717, 1.165) is 12.8 Å². The fourth-order valence-electron chi connectivity index (χ4n) is 2.46. The summed E-state index contributed by atoms with van der Waals surface area (Å²) in [4.78, 5) is 12.5. The number of aromatic nitrogens is 5. The Morgan fingerprint density at radius 3 is 2.86 bits per heavy atom. The summed E-state index contributed by atoms with van der Waals surface area (Å²) in [5.74, 6) is 1.05. The van der Waals surface area contributed by atoms with E-state index in [2.05, 4.69) is 20.1 Å². The summed E-state index contributed by atoms with van der Waals surface area (Å²) in [6.07, 6.45) is 6.36. The molecule has 4 rings (SSSR count). The molecule has 3 aromatic heterocycles. The molecule has 3 heterocycles. The van der Waals surface area contributed by atoms with Crippen LogP contribution in [0.1, 0.15) is 25.3 Å². The average Bonchev–Trinajstić information content (AvgIpc) is 2.77. The maximum atomic E-state index is 5.98. The molecule has 7 nitrogen and oxygen atoms in total. The van der Waals surface area contributed by atoms with Crippen LogP contribution in [0.4, 0.5) is 5.82 Å². The Hall–Kier alpha value is -2.41. The minimum atomic E-state index is 0.335. The lowest BCUT2D eigenvalue weighted by molar-refractivity contribution is 0.289. The van der Waals surface area contributed by atoms with Crippen molar-refractivity contribution in [3.8, 4) is 11.8 Å². The summed E-state index contributed by atoms with van der Waals surface area (Å²) in [6.45, 7) is 0. The van der Waals surface area contributed by atoms with Crippen molar-refractivity contribution in [1.82, 2.24) is 24.7 Å². The van der Waals surface area contributed by atoms with Gasteiger partial charge in [-0.15, -0.1) is 5.10 Å². The highest BCUT2D eigenvalue weighted by Crippen LogP contribution is 2.38. The molecule has 0 unspecified atom stereocenters. The smallest absolute Gasteiger partial charge is 0.253 e. The van der Waals surface area contributed by atoms with E-state index in [1.165, 1.54) is 12.7 Å². The van der Waals surface area contributed by atoms with Crippen LogP contribution < -0.4 is 10.5 Å². The molecule has 0 saturated heterocycles. The minimum Gasteiger partial charge on any atom is -0.418 e. The molecule has 3 aromatic rings. The van der Waals surface area contributed by atoms with E-state index in [-0.39, 0.29) is 0 Å². The second kappa shape index (κ2) is 5.10.